The van der Waals surface area contributed by atoms with Gasteiger partial charge >= 0.3 is 0 Å². The molecule has 0 radical (unpaired) electrons. The molecule has 5 atom stereocenters. The van der Waals surface area contributed by atoms with Crippen LogP contribution >= 0.6 is 0 Å². The first kappa shape index (κ1) is 19.8. The number of rotatable bonds is 8. The van der Waals surface area contributed by atoms with E-state index in [4.69, 9.17) is 14.2 Å². The Labute approximate surface area is 165 Å². The Morgan fingerprint density at radius 1 is 1.25 bits per heavy atom. The second-order valence-corrected chi connectivity index (χ2v) is 7.99. The van der Waals surface area contributed by atoms with E-state index in [2.05, 4.69) is 34.9 Å². The Kier molecular flexibility index (Phi) is 6.28. The van der Waals surface area contributed by atoms with Gasteiger partial charge in [-0.05, 0) is 24.0 Å². The van der Waals surface area contributed by atoms with Gasteiger partial charge in [-0.25, -0.2) is 0 Å². The van der Waals surface area contributed by atoms with Gasteiger partial charge < -0.3 is 30.0 Å². The van der Waals surface area contributed by atoms with Crippen LogP contribution in [-0.2, 0) is 31.8 Å². The van der Waals surface area contributed by atoms with Crippen molar-refractivity contribution >= 4 is 5.91 Å². The first-order valence-corrected chi connectivity index (χ1v) is 10.2. The molecule has 2 aliphatic heterocycles. The first-order valence-electron chi connectivity index (χ1n) is 10.2. The Hall–Kier alpha value is -1.51. The smallest absolute Gasteiger partial charge is 0.222 e. The van der Waals surface area contributed by atoms with E-state index in [1.165, 1.54) is 11.1 Å². The van der Waals surface area contributed by atoms with Gasteiger partial charge in [0.2, 0.25) is 5.91 Å². The van der Waals surface area contributed by atoms with Crippen molar-refractivity contribution in [1.82, 2.24) is 10.6 Å². The number of hydrogen-bond donors (Lipinski definition) is 3. The summed E-state index contributed by atoms with van der Waals surface area (Å²) >= 11 is 0. The normalized spacial score (nSPS) is 31.7. The van der Waals surface area contributed by atoms with Crippen LogP contribution in [0, 0.1) is 0 Å². The molecule has 1 aromatic carbocycles. The molecule has 0 bridgehead atoms. The van der Waals surface area contributed by atoms with E-state index in [1.54, 1.807) is 7.11 Å². The van der Waals surface area contributed by atoms with Crippen LogP contribution in [0.5, 0.6) is 0 Å². The summed E-state index contributed by atoms with van der Waals surface area (Å²) in [6.45, 7) is 1.59. The highest BCUT2D eigenvalue weighted by molar-refractivity contribution is 5.76. The third kappa shape index (κ3) is 4.39. The number of hydrogen-bond acceptors (Lipinski definition) is 6. The van der Waals surface area contributed by atoms with Crippen LogP contribution < -0.4 is 10.6 Å². The number of fused-ring (bicyclic) bond motifs is 2. The Balaban J connectivity index is 1.20. The molecule has 1 amide bonds. The van der Waals surface area contributed by atoms with Crippen molar-refractivity contribution in [1.29, 1.82) is 0 Å². The molecule has 1 aliphatic carbocycles. The molecule has 3 N–H and O–H groups in total. The van der Waals surface area contributed by atoms with E-state index >= 15 is 0 Å². The minimum absolute atomic E-state index is 0.0597. The van der Waals surface area contributed by atoms with Crippen molar-refractivity contribution in [3.05, 3.63) is 35.4 Å². The van der Waals surface area contributed by atoms with Crippen LogP contribution in [0.4, 0.5) is 0 Å². The van der Waals surface area contributed by atoms with Gasteiger partial charge in [0.25, 0.3) is 0 Å². The van der Waals surface area contributed by atoms with Gasteiger partial charge in [-0.1, -0.05) is 24.3 Å². The standard InChI is InChI=1S/C21H30N2O5/c1-26-7-6-22-19(24)11-16-10-17-21(27-16)20(25)18(28-17)12-23-15-8-13-4-2-3-5-14(13)9-15/h2-5,15-18,20-21,23,25H,6-12H2,1H3,(H,22,24)/t16-,17+,18+,20+,21-/m0/s1. The molecular formula is C21H30N2O5. The predicted octanol–water partition coefficient (Wildman–Crippen LogP) is 0.182. The van der Waals surface area contributed by atoms with E-state index < -0.39 is 6.10 Å². The van der Waals surface area contributed by atoms with Crippen LogP contribution in [0.1, 0.15) is 24.0 Å². The molecule has 4 rings (SSSR count). The second kappa shape index (κ2) is 8.88. The van der Waals surface area contributed by atoms with Crippen LogP contribution in [-0.4, -0.2) is 74.4 Å². The SMILES string of the molecule is COCCNC(=O)C[C@@H]1C[C@H]2O[C@H](CNC3Cc4ccccc4C3)[C@@H](O)[C@H]2O1. The van der Waals surface area contributed by atoms with Crippen molar-refractivity contribution in [2.24, 2.45) is 0 Å². The molecule has 3 aliphatic rings. The molecule has 0 aromatic heterocycles. The fourth-order valence-corrected chi connectivity index (χ4v) is 4.57. The fraction of sp³-hybridized carbons (Fsp3) is 0.667. The molecule has 1 aromatic rings. The summed E-state index contributed by atoms with van der Waals surface area (Å²) in [6.07, 6.45) is 1.35. The van der Waals surface area contributed by atoms with Crippen LogP contribution in [0.25, 0.3) is 0 Å². The fourth-order valence-electron chi connectivity index (χ4n) is 4.57. The lowest BCUT2D eigenvalue weighted by Gasteiger charge is -2.22. The molecule has 2 fully saturated rings. The molecular weight excluding hydrogens is 360 g/mol. The van der Waals surface area contributed by atoms with Crippen molar-refractivity contribution in [2.45, 2.75) is 62.2 Å². The van der Waals surface area contributed by atoms with E-state index in [-0.39, 0.29) is 36.7 Å². The highest BCUT2D eigenvalue weighted by Gasteiger charge is 2.50. The first-order chi connectivity index (χ1) is 13.6. The zero-order valence-corrected chi connectivity index (χ0v) is 16.3. The number of aliphatic hydroxyl groups excluding tert-OH is 1. The van der Waals surface area contributed by atoms with Gasteiger partial charge in [0.05, 0.1) is 31.3 Å². The van der Waals surface area contributed by atoms with Gasteiger partial charge in [-0.2, -0.15) is 0 Å². The number of carbonyl (C=O) groups is 1. The van der Waals surface area contributed by atoms with Crippen molar-refractivity contribution in [3.8, 4) is 0 Å². The van der Waals surface area contributed by atoms with Gasteiger partial charge in [0.15, 0.2) is 0 Å². The molecule has 0 unspecified atom stereocenters. The number of aliphatic hydroxyl groups is 1. The second-order valence-electron chi connectivity index (χ2n) is 7.99. The number of benzene rings is 1. The molecule has 0 spiro atoms. The molecule has 2 saturated heterocycles. The van der Waals surface area contributed by atoms with E-state index in [1.807, 2.05) is 0 Å². The monoisotopic (exact) mass is 390 g/mol. The number of amides is 1. The summed E-state index contributed by atoms with van der Waals surface area (Å²) in [5.41, 5.74) is 2.81. The number of methoxy groups -OCH3 is 1. The predicted molar refractivity (Wildman–Crippen MR) is 103 cm³/mol. The summed E-state index contributed by atoms with van der Waals surface area (Å²) in [5.74, 6) is -0.0597. The lowest BCUT2D eigenvalue weighted by atomic mass is 10.1. The average molecular weight is 390 g/mol. The summed E-state index contributed by atoms with van der Waals surface area (Å²) in [6, 6.07) is 8.91. The summed E-state index contributed by atoms with van der Waals surface area (Å²) < 4.78 is 16.9. The number of carbonyl (C=O) groups excluding carboxylic acids is 1. The molecule has 0 saturated carbocycles. The highest BCUT2D eigenvalue weighted by Crippen LogP contribution is 2.35. The molecule has 7 nitrogen and oxygen atoms in total. The van der Waals surface area contributed by atoms with Gasteiger partial charge in [0.1, 0.15) is 12.2 Å². The molecule has 7 heteroatoms. The van der Waals surface area contributed by atoms with E-state index in [0.717, 1.165) is 12.8 Å². The summed E-state index contributed by atoms with van der Waals surface area (Å²) in [5, 5.41) is 17.0. The van der Waals surface area contributed by atoms with Crippen molar-refractivity contribution in [2.75, 3.05) is 26.8 Å². The van der Waals surface area contributed by atoms with Crippen molar-refractivity contribution in [3.63, 3.8) is 0 Å². The Morgan fingerprint density at radius 3 is 2.68 bits per heavy atom. The maximum Gasteiger partial charge on any atom is 0.222 e. The van der Waals surface area contributed by atoms with E-state index in [0.29, 0.717) is 32.2 Å². The maximum atomic E-state index is 11.9. The van der Waals surface area contributed by atoms with Gasteiger partial charge in [0, 0.05) is 32.7 Å². The quantitative estimate of drug-likeness (QED) is 0.549. The van der Waals surface area contributed by atoms with Gasteiger partial charge in [-0.15, -0.1) is 0 Å². The van der Waals surface area contributed by atoms with Crippen LogP contribution in [0.15, 0.2) is 24.3 Å². The number of ether oxygens (including phenoxy) is 3. The molecule has 2 heterocycles. The summed E-state index contributed by atoms with van der Waals surface area (Å²) in [4.78, 5) is 11.9. The molecule has 28 heavy (non-hydrogen) atoms. The highest BCUT2D eigenvalue weighted by atomic mass is 16.6. The third-order valence-electron chi connectivity index (χ3n) is 5.98. The van der Waals surface area contributed by atoms with Gasteiger partial charge in [-0.3, -0.25) is 4.79 Å². The summed E-state index contributed by atoms with van der Waals surface area (Å²) in [7, 11) is 1.60. The maximum absolute atomic E-state index is 11.9. The molecule has 154 valence electrons. The lowest BCUT2D eigenvalue weighted by molar-refractivity contribution is -0.124. The van der Waals surface area contributed by atoms with E-state index in [9.17, 15) is 9.90 Å². The zero-order chi connectivity index (χ0) is 19.5. The number of nitrogens with one attached hydrogen (secondary N) is 2. The topological polar surface area (TPSA) is 89.1 Å². The third-order valence-corrected chi connectivity index (χ3v) is 5.98. The average Bonchev–Trinajstić information content (AvgIpc) is 3.34. The van der Waals surface area contributed by atoms with Crippen LogP contribution in [0.3, 0.4) is 0 Å². The zero-order valence-electron chi connectivity index (χ0n) is 16.3. The lowest BCUT2D eigenvalue weighted by Crippen LogP contribution is -2.42. The van der Waals surface area contributed by atoms with Crippen molar-refractivity contribution < 1.29 is 24.1 Å². The van der Waals surface area contributed by atoms with Crippen LogP contribution in [0.2, 0.25) is 0 Å². The minimum Gasteiger partial charge on any atom is -0.388 e. The largest absolute Gasteiger partial charge is 0.388 e. The Bertz CT molecular complexity index is 660. The Morgan fingerprint density at radius 2 is 2.00 bits per heavy atom. The minimum atomic E-state index is -0.664.